The highest BCUT2D eigenvalue weighted by Crippen LogP contribution is 2.13. The molecule has 6 nitrogen and oxygen atoms in total. The lowest BCUT2D eigenvalue weighted by molar-refractivity contribution is -0.167. The number of unbranched alkanes of at least 4 members (excludes halogenated alkanes) is 20. The van der Waals surface area contributed by atoms with Gasteiger partial charge in [-0.15, -0.1) is 0 Å². The van der Waals surface area contributed by atoms with Crippen LogP contribution in [0.15, 0.2) is 85.1 Å². The summed E-state index contributed by atoms with van der Waals surface area (Å²) >= 11 is 0. The predicted octanol–water partition coefficient (Wildman–Crippen LogP) is 16.8. The third-order valence-electron chi connectivity index (χ3n) is 10.6. The number of allylic oxidation sites excluding steroid dienone is 14. The Morgan fingerprint density at radius 2 is 0.629 bits per heavy atom. The highest BCUT2D eigenvalue weighted by molar-refractivity contribution is 5.71. The van der Waals surface area contributed by atoms with Gasteiger partial charge in [0, 0.05) is 19.3 Å². The predicted molar refractivity (Wildman–Crippen MR) is 265 cm³/mol. The molecule has 62 heavy (non-hydrogen) atoms. The van der Waals surface area contributed by atoms with Crippen molar-refractivity contribution in [2.45, 2.75) is 239 Å². The molecule has 0 aromatic heterocycles. The zero-order valence-electron chi connectivity index (χ0n) is 40.4. The van der Waals surface area contributed by atoms with Crippen LogP contribution in [0.1, 0.15) is 233 Å². The van der Waals surface area contributed by atoms with E-state index in [1.165, 1.54) is 77.0 Å². The van der Waals surface area contributed by atoms with Crippen LogP contribution in [-0.4, -0.2) is 37.2 Å². The van der Waals surface area contributed by atoms with Gasteiger partial charge in [0.2, 0.25) is 0 Å². The smallest absolute Gasteiger partial charge is 0.306 e. The monoisotopic (exact) mass is 863 g/mol. The maximum absolute atomic E-state index is 12.8. The van der Waals surface area contributed by atoms with E-state index in [1.54, 1.807) is 0 Å². The van der Waals surface area contributed by atoms with Gasteiger partial charge in [0.1, 0.15) is 13.2 Å². The minimum atomic E-state index is -0.804. The molecule has 0 radical (unpaired) electrons. The third kappa shape index (κ3) is 47.6. The molecule has 0 saturated heterocycles. The molecule has 0 aromatic carbocycles. The maximum Gasteiger partial charge on any atom is 0.306 e. The summed E-state index contributed by atoms with van der Waals surface area (Å²) in [6.07, 6.45) is 64.2. The van der Waals surface area contributed by atoms with Crippen LogP contribution in [0.4, 0.5) is 0 Å². The molecule has 1 atom stereocenters. The molecular weight excluding hydrogens is 769 g/mol. The van der Waals surface area contributed by atoms with Gasteiger partial charge >= 0.3 is 17.9 Å². The zero-order valence-corrected chi connectivity index (χ0v) is 40.4. The van der Waals surface area contributed by atoms with Crippen LogP contribution in [0.25, 0.3) is 0 Å². The van der Waals surface area contributed by atoms with Crippen LogP contribution in [0.3, 0.4) is 0 Å². The van der Waals surface area contributed by atoms with Crippen LogP contribution >= 0.6 is 0 Å². The lowest BCUT2D eigenvalue weighted by Gasteiger charge is -2.18. The summed E-state index contributed by atoms with van der Waals surface area (Å²) in [5.74, 6) is -0.967. The fourth-order valence-corrected chi connectivity index (χ4v) is 6.75. The molecule has 0 heterocycles. The molecule has 0 spiro atoms. The summed E-state index contributed by atoms with van der Waals surface area (Å²) in [7, 11) is 0. The van der Waals surface area contributed by atoms with Crippen molar-refractivity contribution in [2.75, 3.05) is 13.2 Å². The molecule has 0 aromatic rings. The van der Waals surface area contributed by atoms with Crippen LogP contribution in [-0.2, 0) is 28.6 Å². The Labute approximate surface area is 382 Å². The molecular formula is C56H94O6. The van der Waals surface area contributed by atoms with Crippen molar-refractivity contribution in [3.8, 4) is 0 Å². The topological polar surface area (TPSA) is 78.9 Å². The van der Waals surface area contributed by atoms with Crippen molar-refractivity contribution in [2.24, 2.45) is 0 Å². The summed E-state index contributed by atoms with van der Waals surface area (Å²) in [6, 6.07) is 0. The van der Waals surface area contributed by atoms with Gasteiger partial charge in [-0.25, -0.2) is 0 Å². The van der Waals surface area contributed by atoms with Gasteiger partial charge in [-0.2, -0.15) is 0 Å². The van der Waals surface area contributed by atoms with Crippen LogP contribution < -0.4 is 0 Å². The van der Waals surface area contributed by atoms with Crippen molar-refractivity contribution in [3.05, 3.63) is 85.1 Å². The second-order valence-corrected chi connectivity index (χ2v) is 16.7. The van der Waals surface area contributed by atoms with Gasteiger partial charge < -0.3 is 14.2 Å². The summed E-state index contributed by atoms with van der Waals surface area (Å²) in [5, 5.41) is 0. The molecule has 0 bridgehead atoms. The molecule has 0 amide bonds. The molecule has 6 heteroatoms. The number of hydrogen-bond donors (Lipinski definition) is 0. The number of carbonyl (C=O) groups is 3. The normalized spacial score (nSPS) is 12.8. The van der Waals surface area contributed by atoms with Gasteiger partial charge in [-0.05, 0) is 116 Å². The van der Waals surface area contributed by atoms with Gasteiger partial charge in [0.25, 0.3) is 0 Å². The van der Waals surface area contributed by atoms with E-state index in [-0.39, 0.29) is 31.1 Å². The van der Waals surface area contributed by atoms with Gasteiger partial charge in [0.15, 0.2) is 6.10 Å². The van der Waals surface area contributed by atoms with Crippen molar-refractivity contribution < 1.29 is 28.6 Å². The molecule has 0 aliphatic heterocycles. The van der Waals surface area contributed by atoms with Gasteiger partial charge in [0.05, 0.1) is 0 Å². The Kier molecular flexibility index (Phi) is 47.5. The fourth-order valence-electron chi connectivity index (χ4n) is 6.75. The van der Waals surface area contributed by atoms with E-state index in [1.807, 2.05) is 0 Å². The van der Waals surface area contributed by atoms with Crippen molar-refractivity contribution in [3.63, 3.8) is 0 Å². The second kappa shape index (κ2) is 50.2. The summed E-state index contributed by atoms with van der Waals surface area (Å²) in [4.78, 5) is 37.9. The SMILES string of the molecule is CC/C=C\C/C=C\C/C=C\C/C=C\CCCCC(=O)OC[C@@H](COC(=O)CCCCCCC/C=C\CCCCCCC)OC(=O)CCCCCCC/C=C\C/C=C\CCCCC. The Balaban J connectivity index is 4.50. The minimum absolute atomic E-state index is 0.100. The standard InChI is InChI=1S/C56H94O6/c1-4-7-10-13-16-19-22-25-28-31-34-37-40-43-46-49-55(58)61-52-53(51-60-54(57)48-45-42-39-36-33-30-27-24-21-18-15-12-9-6-3)62-56(59)50-47-44-41-38-35-32-29-26-23-20-17-14-11-8-5-2/h7,10,16-17,19-20,24-29,34,37,53H,4-6,8-9,11-15,18,21-23,30-33,35-36,38-52H2,1-3H3/b10-7-,19-16-,20-17-,27-24-,28-25-,29-26-,37-34-/t53-/m1/s1. The Hall–Kier alpha value is -3.41. The highest BCUT2D eigenvalue weighted by Gasteiger charge is 2.19. The number of ether oxygens (including phenoxy) is 3. The van der Waals surface area contributed by atoms with Gasteiger partial charge in [-0.1, -0.05) is 183 Å². The zero-order chi connectivity index (χ0) is 45.1. The first-order valence-electron chi connectivity index (χ1n) is 25.6. The molecule has 0 aliphatic carbocycles. The first-order chi connectivity index (χ1) is 30.5. The largest absolute Gasteiger partial charge is 0.462 e. The van der Waals surface area contributed by atoms with E-state index in [0.29, 0.717) is 19.3 Å². The molecule has 0 unspecified atom stereocenters. The molecule has 0 N–H and O–H groups in total. The second-order valence-electron chi connectivity index (χ2n) is 16.7. The average Bonchev–Trinajstić information content (AvgIpc) is 3.27. The maximum atomic E-state index is 12.8. The highest BCUT2D eigenvalue weighted by atomic mass is 16.6. The first-order valence-corrected chi connectivity index (χ1v) is 25.6. The van der Waals surface area contributed by atoms with E-state index >= 15 is 0 Å². The van der Waals surface area contributed by atoms with Crippen molar-refractivity contribution in [1.82, 2.24) is 0 Å². The van der Waals surface area contributed by atoms with E-state index in [0.717, 1.165) is 116 Å². The van der Waals surface area contributed by atoms with Crippen molar-refractivity contribution in [1.29, 1.82) is 0 Å². The first kappa shape index (κ1) is 58.6. The molecule has 0 rings (SSSR count). The third-order valence-corrected chi connectivity index (χ3v) is 10.6. The summed E-state index contributed by atoms with van der Waals surface area (Å²) in [6.45, 7) is 6.42. The summed E-state index contributed by atoms with van der Waals surface area (Å²) in [5.41, 5.74) is 0. The molecule has 0 fully saturated rings. The lowest BCUT2D eigenvalue weighted by atomic mass is 10.1. The van der Waals surface area contributed by atoms with Crippen LogP contribution in [0.2, 0.25) is 0 Å². The number of rotatable bonds is 45. The van der Waals surface area contributed by atoms with E-state index in [4.69, 9.17) is 14.2 Å². The molecule has 0 saturated carbocycles. The number of esters is 3. The molecule has 354 valence electrons. The van der Waals surface area contributed by atoms with Crippen LogP contribution in [0, 0.1) is 0 Å². The van der Waals surface area contributed by atoms with Crippen LogP contribution in [0.5, 0.6) is 0 Å². The number of carbonyl (C=O) groups excluding carboxylic acids is 3. The molecule has 0 aliphatic rings. The Morgan fingerprint density at radius 1 is 0.339 bits per heavy atom. The minimum Gasteiger partial charge on any atom is -0.462 e. The van der Waals surface area contributed by atoms with E-state index < -0.39 is 6.10 Å². The van der Waals surface area contributed by atoms with E-state index in [2.05, 4.69) is 106 Å². The number of hydrogen-bond acceptors (Lipinski definition) is 6. The Morgan fingerprint density at radius 3 is 1.06 bits per heavy atom. The fraction of sp³-hybridized carbons (Fsp3) is 0.696. The summed E-state index contributed by atoms with van der Waals surface area (Å²) < 4.78 is 16.7. The van der Waals surface area contributed by atoms with Crippen molar-refractivity contribution >= 4 is 17.9 Å². The average molecular weight is 863 g/mol. The van der Waals surface area contributed by atoms with E-state index in [9.17, 15) is 14.4 Å². The lowest BCUT2D eigenvalue weighted by Crippen LogP contribution is -2.30. The quantitative estimate of drug-likeness (QED) is 0.0263. The van der Waals surface area contributed by atoms with Gasteiger partial charge in [-0.3, -0.25) is 14.4 Å². The Bertz CT molecular complexity index is 1220.